The molecule has 1 atom stereocenters. The number of carbonyl (C=O) groups is 2. The van der Waals surface area contributed by atoms with Gasteiger partial charge in [-0.15, -0.1) is 0 Å². The SMILES string of the molecule is CCn1nc(C(=O)O[C@H](C)C(=O)N2CCc3ccccc3C2)c2ccccc2c1=O. The molecule has 7 nitrogen and oxygen atoms in total. The van der Waals surface area contributed by atoms with Gasteiger partial charge in [0.25, 0.3) is 11.5 Å². The van der Waals surface area contributed by atoms with E-state index in [4.69, 9.17) is 4.74 Å². The molecule has 2 heterocycles. The van der Waals surface area contributed by atoms with Crippen LogP contribution >= 0.6 is 0 Å². The first-order chi connectivity index (χ1) is 14.5. The summed E-state index contributed by atoms with van der Waals surface area (Å²) in [5, 5.41) is 4.99. The Morgan fingerprint density at radius 2 is 1.73 bits per heavy atom. The van der Waals surface area contributed by atoms with Gasteiger partial charge in [-0.2, -0.15) is 5.10 Å². The summed E-state index contributed by atoms with van der Waals surface area (Å²) in [5.41, 5.74) is 2.12. The number of hydrogen-bond acceptors (Lipinski definition) is 5. The minimum Gasteiger partial charge on any atom is -0.448 e. The number of carbonyl (C=O) groups excluding carboxylic acids is 2. The number of nitrogens with zero attached hydrogens (tertiary/aromatic N) is 3. The Labute approximate surface area is 173 Å². The van der Waals surface area contributed by atoms with Gasteiger partial charge in [0.05, 0.1) is 5.39 Å². The van der Waals surface area contributed by atoms with Crippen LogP contribution in [0.15, 0.2) is 53.3 Å². The predicted octanol–water partition coefficient (Wildman–Crippen LogP) is 2.55. The molecule has 4 rings (SSSR count). The predicted molar refractivity (Wildman–Crippen MR) is 112 cm³/mol. The van der Waals surface area contributed by atoms with Gasteiger partial charge in [-0.1, -0.05) is 42.5 Å². The van der Waals surface area contributed by atoms with Gasteiger partial charge in [-0.25, -0.2) is 9.48 Å². The van der Waals surface area contributed by atoms with E-state index in [9.17, 15) is 14.4 Å². The lowest BCUT2D eigenvalue weighted by Crippen LogP contribution is -2.42. The third kappa shape index (κ3) is 3.58. The highest BCUT2D eigenvalue weighted by molar-refractivity contribution is 6.02. The van der Waals surface area contributed by atoms with Crippen LogP contribution in [0.5, 0.6) is 0 Å². The molecule has 0 aliphatic carbocycles. The first-order valence-electron chi connectivity index (χ1n) is 10.1. The minimum atomic E-state index is -0.953. The summed E-state index contributed by atoms with van der Waals surface area (Å²) in [7, 11) is 0. The highest BCUT2D eigenvalue weighted by atomic mass is 16.5. The molecule has 0 fully saturated rings. The second-order valence-electron chi connectivity index (χ2n) is 7.34. The molecule has 1 aromatic heterocycles. The Morgan fingerprint density at radius 1 is 1.07 bits per heavy atom. The lowest BCUT2D eigenvalue weighted by molar-refractivity contribution is -0.140. The Kier molecular flexibility index (Phi) is 5.35. The van der Waals surface area contributed by atoms with Crippen LogP contribution in [0.25, 0.3) is 10.8 Å². The van der Waals surface area contributed by atoms with Gasteiger partial charge in [0, 0.05) is 25.0 Å². The molecule has 0 saturated heterocycles. The first-order valence-corrected chi connectivity index (χ1v) is 10.1. The number of hydrogen-bond donors (Lipinski definition) is 0. The fraction of sp³-hybridized carbons (Fsp3) is 0.304. The molecule has 7 heteroatoms. The molecule has 2 aromatic carbocycles. The van der Waals surface area contributed by atoms with Crippen LogP contribution in [-0.2, 0) is 29.0 Å². The van der Waals surface area contributed by atoms with E-state index < -0.39 is 12.1 Å². The Balaban J connectivity index is 1.55. The normalized spacial score (nSPS) is 14.3. The summed E-state index contributed by atoms with van der Waals surface area (Å²) in [5.74, 6) is -0.961. The molecule has 1 aliphatic heterocycles. The third-order valence-electron chi connectivity index (χ3n) is 5.43. The van der Waals surface area contributed by atoms with Crippen LogP contribution < -0.4 is 5.56 Å². The molecule has 3 aromatic rings. The zero-order chi connectivity index (χ0) is 21.3. The molecule has 0 saturated carbocycles. The van der Waals surface area contributed by atoms with E-state index in [1.807, 2.05) is 18.2 Å². The molecule has 0 spiro atoms. The monoisotopic (exact) mass is 405 g/mol. The summed E-state index contributed by atoms with van der Waals surface area (Å²) in [6, 6.07) is 14.8. The van der Waals surface area contributed by atoms with E-state index in [1.54, 1.807) is 43.0 Å². The second kappa shape index (κ2) is 8.10. The van der Waals surface area contributed by atoms with Crippen molar-refractivity contribution in [2.75, 3.05) is 6.54 Å². The van der Waals surface area contributed by atoms with Gasteiger partial charge in [0.1, 0.15) is 0 Å². The average Bonchev–Trinajstić information content (AvgIpc) is 2.78. The van der Waals surface area contributed by atoms with Gasteiger partial charge in [0.2, 0.25) is 0 Å². The maximum Gasteiger partial charge on any atom is 0.360 e. The standard InChI is InChI=1S/C23H23N3O4/c1-3-26-22(28)19-11-7-6-10-18(19)20(24-26)23(29)30-15(2)21(27)25-13-12-16-8-4-5-9-17(16)14-25/h4-11,15H,3,12-14H2,1-2H3/t15-/m1/s1. The van der Waals surface area contributed by atoms with E-state index in [-0.39, 0.29) is 17.2 Å². The van der Waals surface area contributed by atoms with Gasteiger partial charge in [-0.3, -0.25) is 9.59 Å². The first kappa shape index (κ1) is 19.8. The molecule has 0 bridgehead atoms. The number of fused-ring (bicyclic) bond motifs is 2. The number of esters is 1. The number of amides is 1. The van der Waals surface area contributed by atoms with Gasteiger partial charge in [0.15, 0.2) is 11.8 Å². The van der Waals surface area contributed by atoms with Crippen molar-refractivity contribution < 1.29 is 14.3 Å². The number of aromatic nitrogens is 2. The van der Waals surface area contributed by atoms with Crippen LogP contribution in [0.1, 0.15) is 35.5 Å². The smallest absolute Gasteiger partial charge is 0.360 e. The van der Waals surface area contributed by atoms with Crippen molar-refractivity contribution in [1.29, 1.82) is 0 Å². The molecule has 0 radical (unpaired) electrons. The van der Waals surface area contributed by atoms with Crippen LogP contribution in [0.2, 0.25) is 0 Å². The van der Waals surface area contributed by atoms with Crippen LogP contribution in [0.3, 0.4) is 0 Å². The molecular formula is C23H23N3O4. The van der Waals surface area contributed by atoms with Crippen molar-refractivity contribution in [2.45, 2.75) is 39.5 Å². The van der Waals surface area contributed by atoms with Crippen molar-refractivity contribution in [3.8, 4) is 0 Å². The third-order valence-corrected chi connectivity index (χ3v) is 5.43. The van der Waals surface area contributed by atoms with E-state index in [0.717, 1.165) is 12.0 Å². The van der Waals surface area contributed by atoms with Crippen molar-refractivity contribution in [3.63, 3.8) is 0 Å². The average molecular weight is 405 g/mol. The van der Waals surface area contributed by atoms with Crippen molar-refractivity contribution in [1.82, 2.24) is 14.7 Å². The maximum atomic E-state index is 12.9. The van der Waals surface area contributed by atoms with Crippen LogP contribution in [-0.4, -0.2) is 39.2 Å². The summed E-state index contributed by atoms with van der Waals surface area (Å²) < 4.78 is 6.71. The zero-order valence-corrected chi connectivity index (χ0v) is 17.0. The van der Waals surface area contributed by atoms with Crippen molar-refractivity contribution in [2.24, 2.45) is 0 Å². The maximum absolute atomic E-state index is 12.9. The lowest BCUT2D eigenvalue weighted by atomic mass is 9.99. The number of benzene rings is 2. The van der Waals surface area contributed by atoms with Gasteiger partial charge >= 0.3 is 5.97 Å². The zero-order valence-electron chi connectivity index (χ0n) is 17.0. The van der Waals surface area contributed by atoms with Gasteiger partial charge in [-0.05, 0) is 37.5 Å². The topological polar surface area (TPSA) is 81.5 Å². The van der Waals surface area contributed by atoms with E-state index in [2.05, 4.69) is 11.2 Å². The molecular weight excluding hydrogens is 382 g/mol. The quantitative estimate of drug-likeness (QED) is 0.623. The molecule has 1 aliphatic rings. The molecule has 1 amide bonds. The molecule has 30 heavy (non-hydrogen) atoms. The molecule has 0 unspecified atom stereocenters. The Bertz CT molecular complexity index is 1180. The van der Waals surface area contributed by atoms with Crippen LogP contribution in [0, 0.1) is 0 Å². The van der Waals surface area contributed by atoms with Gasteiger partial charge < -0.3 is 9.64 Å². The highest BCUT2D eigenvalue weighted by Crippen LogP contribution is 2.20. The van der Waals surface area contributed by atoms with E-state index in [0.29, 0.717) is 30.4 Å². The summed E-state index contributed by atoms with van der Waals surface area (Å²) in [6.45, 7) is 4.75. The fourth-order valence-corrected chi connectivity index (χ4v) is 3.81. The van der Waals surface area contributed by atoms with Crippen molar-refractivity contribution >= 4 is 22.6 Å². The minimum absolute atomic E-state index is 0.0377. The fourth-order valence-electron chi connectivity index (χ4n) is 3.81. The lowest BCUT2D eigenvalue weighted by Gasteiger charge is -2.30. The highest BCUT2D eigenvalue weighted by Gasteiger charge is 2.28. The number of ether oxygens (including phenoxy) is 1. The van der Waals surface area contributed by atoms with E-state index in [1.165, 1.54) is 10.2 Å². The Hall–Kier alpha value is -3.48. The molecule has 154 valence electrons. The summed E-state index contributed by atoms with van der Waals surface area (Å²) in [4.78, 5) is 39.9. The summed E-state index contributed by atoms with van der Waals surface area (Å²) >= 11 is 0. The molecule has 0 N–H and O–H groups in total. The Morgan fingerprint density at radius 3 is 2.47 bits per heavy atom. The van der Waals surface area contributed by atoms with Crippen molar-refractivity contribution in [3.05, 3.63) is 75.7 Å². The number of aryl methyl sites for hydroxylation is 1. The largest absolute Gasteiger partial charge is 0.448 e. The second-order valence-corrected chi connectivity index (χ2v) is 7.34. The van der Waals surface area contributed by atoms with Crippen LogP contribution in [0.4, 0.5) is 0 Å². The number of rotatable bonds is 4. The summed E-state index contributed by atoms with van der Waals surface area (Å²) in [6.07, 6.45) is -0.179. The van der Waals surface area contributed by atoms with E-state index >= 15 is 0 Å².